The molecule has 1 heterocycles. The van der Waals surface area contributed by atoms with Crippen molar-refractivity contribution in [3.05, 3.63) is 24.3 Å². The van der Waals surface area contributed by atoms with E-state index in [0.29, 0.717) is 5.95 Å². The van der Waals surface area contributed by atoms with Gasteiger partial charge in [-0.2, -0.15) is 0 Å². The zero-order chi connectivity index (χ0) is 12.4. The standard InChI is InChI=1S/C13H16N4O/c18-8-7-13(5-6-13)9-14-12-15-10-3-1-2-4-11(10)16-17-12/h1-4,18H,5-9H2,(H,14,15,17). The molecule has 1 aliphatic rings. The van der Waals surface area contributed by atoms with Gasteiger partial charge in [-0.1, -0.05) is 12.1 Å². The molecule has 1 aliphatic carbocycles. The van der Waals surface area contributed by atoms with Crippen molar-refractivity contribution in [2.75, 3.05) is 18.5 Å². The number of rotatable bonds is 5. The molecule has 94 valence electrons. The number of fused-ring (bicyclic) bond motifs is 1. The predicted octanol–water partition coefficient (Wildman–Crippen LogP) is 1.60. The molecule has 0 aliphatic heterocycles. The predicted molar refractivity (Wildman–Crippen MR) is 69.2 cm³/mol. The van der Waals surface area contributed by atoms with Crippen LogP contribution in [0.5, 0.6) is 0 Å². The van der Waals surface area contributed by atoms with Crippen molar-refractivity contribution < 1.29 is 5.11 Å². The highest BCUT2D eigenvalue weighted by Crippen LogP contribution is 2.48. The Kier molecular flexibility index (Phi) is 2.83. The van der Waals surface area contributed by atoms with Crippen molar-refractivity contribution >= 4 is 17.0 Å². The monoisotopic (exact) mass is 244 g/mol. The molecule has 5 nitrogen and oxygen atoms in total. The molecule has 0 radical (unpaired) electrons. The maximum absolute atomic E-state index is 9.01. The van der Waals surface area contributed by atoms with Crippen LogP contribution in [0.4, 0.5) is 5.95 Å². The largest absolute Gasteiger partial charge is 0.396 e. The first-order chi connectivity index (χ1) is 8.81. The van der Waals surface area contributed by atoms with Gasteiger partial charge in [-0.3, -0.25) is 0 Å². The highest BCUT2D eigenvalue weighted by molar-refractivity contribution is 5.74. The van der Waals surface area contributed by atoms with E-state index in [0.717, 1.165) is 24.0 Å². The van der Waals surface area contributed by atoms with Gasteiger partial charge >= 0.3 is 0 Å². The summed E-state index contributed by atoms with van der Waals surface area (Å²) < 4.78 is 0. The lowest BCUT2D eigenvalue weighted by Gasteiger charge is -2.14. The van der Waals surface area contributed by atoms with Crippen LogP contribution in [0.1, 0.15) is 19.3 Å². The molecule has 0 unspecified atom stereocenters. The van der Waals surface area contributed by atoms with Gasteiger partial charge in [-0.15, -0.1) is 10.2 Å². The first-order valence-electron chi connectivity index (χ1n) is 6.26. The van der Waals surface area contributed by atoms with E-state index in [1.165, 1.54) is 12.8 Å². The van der Waals surface area contributed by atoms with Gasteiger partial charge in [-0.05, 0) is 36.8 Å². The average Bonchev–Trinajstić information content (AvgIpc) is 3.17. The van der Waals surface area contributed by atoms with Crippen molar-refractivity contribution in [1.29, 1.82) is 0 Å². The Morgan fingerprint density at radius 2 is 1.94 bits per heavy atom. The van der Waals surface area contributed by atoms with Crippen molar-refractivity contribution in [3.8, 4) is 0 Å². The molecule has 18 heavy (non-hydrogen) atoms. The maximum atomic E-state index is 9.01. The van der Waals surface area contributed by atoms with Crippen molar-refractivity contribution in [2.24, 2.45) is 5.41 Å². The van der Waals surface area contributed by atoms with Crippen LogP contribution in [-0.4, -0.2) is 33.4 Å². The van der Waals surface area contributed by atoms with Crippen molar-refractivity contribution in [2.45, 2.75) is 19.3 Å². The zero-order valence-electron chi connectivity index (χ0n) is 10.1. The molecular formula is C13H16N4O. The summed E-state index contributed by atoms with van der Waals surface area (Å²) in [7, 11) is 0. The molecular weight excluding hydrogens is 228 g/mol. The molecule has 0 amide bonds. The van der Waals surface area contributed by atoms with E-state index in [-0.39, 0.29) is 12.0 Å². The smallest absolute Gasteiger partial charge is 0.243 e. The first-order valence-corrected chi connectivity index (χ1v) is 6.26. The minimum atomic E-state index is 0.249. The molecule has 0 saturated heterocycles. The van der Waals surface area contributed by atoms with E-state index in [2.05, 4.69) is 20.5 Å². The summed E-state index contributed by atoms with van der Waals surface area (Å²) in [5.74, 6) is 0.568. The summed E-state index contributed by atoms with van der Waals surface area (Å²) >= 11 is 0. The number of anilines is 1. The van der Waals surface area contributed by atoms with E-state index < -0.39 is 0 Å². The van der Waals surface area contributed by atoms with Crippen LogP contribution < -0.4 is 5.32 Å². The molecule has 2 aromatic rings. The maximum Gasteiger partial charge on any atom is 0.243 e. The third kappa shape index (κ3) is 2.26. The van der Waals surface area contributed by atoms with Gasteiger partial charge in [0.2, 0.25) is 5.95 Å². The van der Waals surface area contributed by atoms with Crippen LogP contribution in [0, 0.1) is 5.41 Å². The molecule has 1 saturated carbocycles. The Hall–Kier alpha value is -1.75. The Balaban J connectivity index is 1.71. The number of hydrogen-bond acceptors (Lipinski definition) is 5. The minimum absolute atomic E-state index is 0.249. The summed E-state index contributed by atoms with van der Waals surface area (Å²) in [6.45, 7) is 1.06. The van der Waals surface area contributed by atoms with Gasteiger partial charge in [0.15, 0.2) is 0 Å². The van der Waals surface area contributed by atoms with E-state index in [1.807, 2.05) is 24.3 Å². The quantitative estimate of drug-likeness (QED) is 0.836. The molecule has 0 atom stereocenters. The van der Waals surface area contributed by atoms with Gasteiger partial charge in [0.05, 0.1) is 5.52 Å². The fraction of sp³-hybridized carbons (Fsp3) is 0.462. The normalized spacial score (nSPS) is 16.7. The van der Waals surface area contributed by atoms with Gasteiger partial charge in [0.25, 0.3) is 0 Å². The van der Waals surface area contributed by atoms with E-state index >= 15 is 0 Å². The molecule has 5 heteroatoms. The fourth-order valence-electron chi connectivity index (χ4n) is 2.15. The van der Waals surface area contributed by atoms with Crippen LogP contribution in [0.3, 0.4) is 0 Å². The van der Waals surface area contributed by atoms with Gasteiger partial charge in [-0.25, -0.2) is 4.98 Å². The van der Waals surface area contributed by atoms with Crippen LogP contribution >= 0.6 is 0 Å². The molecule has 1 fully saturated rings. The van der Waals surface area contributed by atoms with E-state index in [4.69, 9.17) is 5.11 Å². The van der Waals surface area contributed by atoms with Crippen LogP contribution in [0.2, 0.25) is 0 Å². The molecule has 2 N–H and O–H groups in total. The lowest BCUT2D eigenvalue weighted by Crippen LogP contribution is -2.18. The van der Waals surface area contributed by atoms with Crippen LogP contribution in [0.25, 0.3) is 11.0 Å². The lowest BCUT2D eigenvalue weighted by atomic mass is 10.0. The Labute approximate surface area is 105 Å². The Morgan fingerprint density at radius 3 is 2.67 bits per heavy atom. The number of benzene rings is 1. The van der Waals surface area contributed by atoms with Gasteiger partial charge in [0, 0.05) is 13.2 Å². The number of aliphatic hydroxyl groups excluding tert-OH is 1. The second-order valence-electron chi connectivity index (χ2n) is 4.95. The number of aromatic nitrogens is 3. The highest BCUT2D eigenvalue weighted by atomic mass is 16.3. The number of nitrogens with zero attached hydrogens (tertiary/aromatic N) is 3. The van der Waals surface area contributed by atoms with Crippen molar-refractivity contribution in [1.82, 2.24) is 15.2 Å². The molecule has 0 spiro atoms. The molecule has 1 aromatic carbocycles. The minimum Gasteiger partial charge on any atom is -0.396 e. The Morgan fingerprint density at radius 1 is 1.17 bits per heavy atom. The van der Waals surface area contributed by atoms with Crippen molar-refractivity contribution in [3.63, 3.8) is 0 Å². The highest BCUT2D eigenvalue weighted by Gasteiger charge is 2.41. The summed E-state index contributed by atoms with van der Waals surface area (Å²) in [5, 5.41) is 20.4. The summed E-state index contributed by atoms with van der Waals surface area (Å²) in [6.07, 6.45) is 3.18. The summed E-state index contributed by atoms with van der Waals surface area (Å²) in [6, 6.07) is 7.68. The fourth-order valence-corrected chi connectivity index (χ4v) is 2.15. The summed E-state index contributed by atoms with van der Waals surface area (Å²) in [4.78, 5) is 4.42. The molecule has 0 bridgehead atoms. The molecule has 1 aromatic heterocycles. The Bertz CT molecular complexity index is 553. The second kappa shape index (κ2) is 4.49. The van der Waals surface area contributed by atoms with Crippen LogP contribution in [0.15, 0.2) is 24.3 Å². The van der Waals surface area contributed by atoms with Gasteiger partial charge < -0.3 is 10.4 Å². The number of aliphatic hydroxyl groups is 1. The van der Waals surface area contributed by atoms with E-state index in [9.17, 15) is 0 Å². The molecule has 3 rings (SSSR count). The van der Waals surface area contributed by atoms with Crippen LogP contribution in [-0.2, 0) is 0 Å². The average molecular weight is 244 g/mol. The number of hydrogen-bond donors (Lipinski definition) is 2. The van der Waals surface area contributed by atoms with Gasteiger partial charge in [0.1, 0.15) is 5.52 Å². The number of para-hydroxylation sites is 1. The topological polar surface area (TPSA) is 70.9 Å². The third-order valence-corrected chi connectivity index (χ3v) is 3.58. The lowest BCUT2D eigenvalue weighted by molar-refractivity contribution is 0.253. The summed E-state index contributed by atoms with van der Waals surface area (Å²) in [5.41, 5.74) is 1.91. The third-order valence-electron chi connectivity index (χ3n) is 3.58. The number of nitrogens with one attached hydrogen (secondary N) is 1. The SMILES string of the molecule is OCCC1(CNc2nnc3ccccc3n2)CC1. The zero-order valence-corrected chi connectivity index (χ0v) is 10.1. The first kappa shape index (κ1) is 11.3. The van der Waals surface area contributed by atoms with E-state index in [1.54, 1.807) is 0 Å². The second-order valence-corrected chi connectivity index (χ2v) is 4.95.